The fraction of sp³-hybridized carbons (Fsp3) is 0.545. The molecule has 1 aliphatic heterocycles. The van der Waals surface area contributed by atoms with Crippen molar-refractivity contribution in [3.63, 3.8) is 0 Å². The van der Waals surface area contributed by atoms with E-state index < -0.39 is 0 Å². The maximum atomic E-state index is 4.74. The summed E-state index contributed by atoms with van der Waals surface area (Å²) in [5.41, 5.74) is 4.48. The average Bonchev–Trinajstić information content (AvgIpc) is 2.72. The van der Waals surface area contributed by atoms with Gasteiger partial charge >= 0.3 is 0 Å². The third-order valence-corrected chi connectivity index (χ3v) is 4.87. The Morgan fingerprint density at radius 2 is 0.750 bits per heavy atom. The molecule has 2 aromatic rings. The van der Waals surface area contributed by atoms with E-state index in [4.69, 9.17) is 9.97 Å². The summed E-state index contributed by atoms with van der Waals surface area (Å²) in [5.74, 6) is 0. The summed E-state index contributed by atoms with van der Waals surface area (Å²) in [5, 5.41) is 14.0. The van der Waals surface area contributed by atoms with E-state index in [9.17, 15) is 0 Å². The van der Waals surface area contributed by atoms with Crippen molar-refractivity contribution in [3.05, 3.63) is 59.2 Å². The van der Waals surface area contributed by atoms with Crippen molar-refractivity contribution in [1.82, 2.24) is 31.2 Å². The first-order valence-corrected chi connectivity index (χ1v) is 10.6. The maximum Gasteiger partial charge on any atom is 0.0545 e. The second-order valence-electron chi connectivity index (χ2n) is 7.36. The van der Waals surface area contributed by atoms with Crippen molar-refractivity contribution in [1.29, 1.82) is 0 Å². The van der Waals surface area contributed by atoms with Gasteiger partial charge in [-0.2, -0.15) is 0 Å². The number of aromatic nitrogens is 2. The molecule has 152 valence electrons. The summed E-state index contributed by atoms with van der Waals surface area (Å²) < 4.78 is 0. The topological polar surface area (TPSA) is 73.9 Å². The zero-order valence-electron chi connectivity index (χ0n) is 16.8. The molecule has 0 saturated heterocycles. The van der Waals surface area contributed by atoms with Crippen LogP contribution in [-0.4, -0.2) is 36.1 Å². The van der Waals surface area contributed by atoms with Gasteiger partial charge in [0.25, 0.3) is 0 Å². The zero-order valence-corrected chi connectivity index (χ0v) is 16.8. The van der Waals surface area contributed by atoms with Crippen molar-refractivity contribution in [3.8, 4) is 0 Å². The van der Waals surface area contributed by atoms with Gasteiger partial charge in [-0.25, -0.2) is 0 Å². The van der Waals surface area contributed by atoms with Crippen LogP contribution in [0.4, 0.5) is 0 Å². The van der Waals surface area contributed by atoms with Crippen LogP contribution in [0.1, 0.15) is 48.5 Å². The Balaban J connectivity index is 1.48. The highest BCUT2D eigenvalue weighted by molar-refractivity contribution is 5.12. The largest absolute Gasteiger partial charge is 0.311 e. The second-order valence-corrected chi connectivity index (χ2v) is 7.36. The highest BCUT2D eigenvalue weighted by Crippen LogP contribution is 2.02. The van der Waals surface area contributed by atoms with E-state index in [0.29, 0.717) is 0 Å². The highest BCUT2D eigenvalue weighted by Gasteiger charge is 2.01. The van der Waals surface area contributed by atoms with Gasteiger partial charge in [0.15, 0.2) is 0 Å². The summed E-state index contributed by atoms with van der Waals surface area (Å²) in [6, 6.07) is 12.6. The van der Waals surface area contributed by atoms with E-state index in [0.717, 1.165) is 101 Å². The molecule has 0 radical (unpaired) electrons. The van der Waals surface area contributed by atoms with E-state index >= 15 is 0 Å². The van der Waals surface area contributed by atoms with Crippen LogP contribution in [0.25, 0.3) is 0 Å². The molecule has 0 fully saturated rings. The molecule has 0 aromatic carbocycles. The number of nitrogens with one attached hydrogen (secondary N) is 4. The fourth-order valence-electron chi connectivity index (χ4n) is 3.32. The summed E-state index contributed by atoms with van der Waals surface area (Å²) in [7, 11) is 0. The molecule has 3 heterocycles. The van der Waals surface area contributed by atoms with E-state index in [1.807, 2.05) is 0 Å². The summed E-state index contributed by atoms with van der Waals surface area (Å²) >= 11 is 0. The molecule has 0 spiro atoms. The smallest absolute Gasteiger partial charge is 0.0545 e. The van der Waals surface area contributed by atoms with Crippen LogP contribution < -0.4 is 21.3 Å². The summed E-state index contributed by atoms with van der Waals surface area (Å²) in [6.07, 6.45) is 4.63. The minimum Gasteiger partial charge on any atom is -0.311 e. The third kappa shape index (κ3) is 8.02. The quantitative estimate of drug-likeness (QED) is 0.559. The first-order chi connectivity index (χ1) is 13.9. The Morgan fingerprint density at radius 3 is 1.04 bits per heavy atom. The molecule has 3 rings (SSSR count). The third-order valence-electron chi connectivity index (χ3n) is 4.87. The SMILES string of the molecule is c1cc2nc(c1)CNCCCCNCc1cccc(n1)CNCCCCNC2. The highest BCUT2D eigenvalue weighted by atomic mass is 14.9. The van der Waals surface area contributed by atoms with Gasteiger partial charge < -0.3 is 21.3 Å². The molecule has 0 unspecified atom stereocenters. The minimum atomic E-state index is 0.837. The maximum absolute atomic E-state index is 4.74. The zero-order chi connectivity index (χ0) is 19.3. The molecule has 4 bridgehead atoms. The molecule has 0 atom stereocenters. The molecular formula is C22H34N6. The number of hydrogen-bond donors (Lipinski definition) is 4. The molecule has 6 heteroatoms. The number of pyridine rings is 2. The molecule has 1 aliphatic rings. The lowest BCUT2D eigenvalue weighted by molar-refractivity contribution is 0.564. The number of nitrogens with zero attached hydrogens (tertiary/aromatic N) is 2. The van der Waals surface area contributed by atoms with E-state index in [-0.39, 0.29) is 0 Å². The Kier molecular flexibility index (Phi) is 9.37. The van der Waals surface area contributed by atoms with Crippen molar-refractivity contribution < 1.29 is 0 Å². The predicted octanol–water partition coefficient (Wildman–Crippen LogP) is 2.11. The monoisotopic (exact) mass is 382 g/mol. The Labute approximate surface area is 169 Å². The lowest BCUT2D eigenvalue weighted by Gasteiger charge is -2.10. The molecular weight excluding hydrogens is 348 g/mol. The van der Waals surface area contributed by atoms with Crippen LogP contribution in [0.3, 0.4) is 0 Å². The lowest BCUT2D eigenvalue weighted by Crippen LogP contribution is -2.21. The van der Waals surface area contributed by atoms with Gasteiger partial charge in [-0.3, -0.25) is 9.97 Å². The Morgan fingerprint density at radius 1 is 0.464 bits per heavy atom. The van der Waals surface area contributed by atoms with Crippen LogP contribution in [0.15, 0.2) is 36.4 Å². The van der Waals surface area contributed by atoms with Crippen LogP contribution in [0, 0.1) is 0 Å². The average molecular weight is 383 g/mol. The summed E-state index contributed by atoms with van der Waals surface area (Å²) in [4.78, 5) is 9.49. The molecule has 2 aromatic heterocycles. The van der Waals surface area contributed by atoms with Crippen molar-refractivity contribution in [2.45, 2.75) is 51.9 Å². The van der Waals surface area contributed by atoms with Crippen LogP contribution in [0.5, 0.6) is 0 Å². The molecule has 0 aliphatic carbocycles. The van der Waals surface area contributed by atoms with Gasteiger partial charge in [0.1, 0.15) is 0 Å². The molecule has 28 heavy (non-hydrogen) atoms. The first-order valence-electron chi connectivity index (χ1n) is 10.6. The van der Waals surface area contributed by atoms with Crippen molar-refractivity contribution >= 4 is 0 Å². The minimum absolute atomic E-state index is 0.837. The van der Waals surface area contributed by atoms with Crippen molar-refractivity contribution in [2.24, 2.45) is 0 Å². The Bertz CT molecular complexity index is 580. The van der Waals surface area contributed by atoms with Gasteiger partial charge in [-0.1, -0.05) is 12.1 Å². The molecule has 0 saturated carbocycles. The van der Waals surface area contributed by atoms with E-state index in [1.165, 1.54) is 0 Å². The standard InChI is InChI=1S/C22H34N6/c1-2-12-24-16-20-8-6-10-22(28-20)18-26-14-4-3-13-25-17-21-9-5-7-19(27-21)15-23-11-1/h5-10,23-26H,1-4,11-18H2. The number of hydrogen-bond acceptors (Lipinski definition) is 6. The van der Waals surface area contributed by atoms with Crippen LogP contribution >= 0.6 is 0 Å². The van der Waals surface area contributed by atoms with Gasteiger partial charge in [0.2, 0.25) is 0 Å². The molecule has 6 nitrogen and oxygen atoms in total. The van der Waals surface area contributed by atoms with E-state index in [1.54, 1.807) is 0 Å². The second kappa shape index (κ2) is 12.6. The molecule has 4 N–H and O–H groups in total. The Hall–Kier alpha value is -1.86. The van der Waals surface area contributed by atoms with E-state index in [2.05, 4.69) is 57.7 Å². The fourth-order valence-corrected chi connectivity index (χ4v) is 3.32. The van der Waals surface area contributed by atoms with Gasteiger partial charge in [-0.05, 0) is 76.1 Å². The molecule has 0 amide bonds. The van der Waals surface area contributed by atoms with Gasteiger partial charge in [0, 0.05) is 26.2 Å². The van der Waals surface area contributed by atoms with Crippen LogP contribution in [-0.2, 0) is 26.2 Å². The number of rotatable bonds is 0. The normalized spacial score (nSPS) is 18.6. The lowest BCUT2D eigenvalue weighted by atomic mass is 10.2. The van der Waals surface area contributed by atoms with Gasteiger partial charge in [-0.15, -0.1) is 0 Å². The van der Waals surface area contributed by atoms with Crippen molar-refractivity contribution in [2.75, 3.05) is 26.2 Å². The van der Waals surface area contributed by atoms with Gasteiger partial charge in [0.05, 0.1) is 22.8 Å². The summed E-state index contributed by atoms with van der Waals surface area (Å²) in [6.45, 7) is 7.42. The number of fused-ring (bicyclic) bond motifs is 4. The first kappa shape index (κ1) is 20.9. The predicted molar refractivity (Wildman–Crippen MR) is 114 cm³/mol. The van der Waals surface area contributed by atoms with Crippen LogP contribution in [0.2, 0.25) is 0 Å².